The monoisotopic (exact) mass is 366 g/mol. The second kappa shape index (κ2) is 9.26. The molecule has 0 aliphatic rings. The lowest BCUT2D eigenvalue weighted by atomic mass is 9.98. The molecular formula is C16H30N8S. The highest BCUT2D eigenvalue weighted by Gasteiger charge is 2.21. The van der Waals surface area contributed by atoms with Gasteiger partial charge in [0.25, 0.3) is 0 Å². The molecule has 8 nitrogen and oxygen atoms in total. The number of rotatable bonds is 12. The summed E-state index contributed by atoms with van der Waals surface area (Å²) in [5, 5.41) is 22.9. The van der Waals surface area contributed by atoms with Gasteiger partial charge in [0.05, 0.1) is 11.1 Å². The second-order valence-electron chi connectivity index (χ2n) is 7.66. The minimum absolute atomic E-state index is 0.00400. The molecule has 0 spiro atoms. The van der Waals surface area contributed by atoms with Crippen molar-refractivity contribution < 1.29 is 0 Å². The van der Waals surface area contributed by atoms with Crippen LogP contribution in [0.3, 0.4) is 0 Å². The Balaban J connectivity index is 1.49. The molecule has 25 heavy (non-hydrogen) atoms. The minimum atomic E-state index is -0.00400. The highest BCUT2D eigenvalue weighted by atomic mass is 32.2. The molecule has 0 aliphatic heterocycles. The van der Waals surface area contributed by atoms with Crippen molar-refractivity contribution in [2.75, 3.05) is 11.5 Å². The summed E-state index contributed by atoms with van der Waals surface area (Å²) < 4.78 is 3.71. The van der Waals surface area contributed by atoms with E-state index in [-0.39, 0.29) is 11.1 Å². The van der Waals surface area contributed by atoms with Gasteiger partial charge in [-0.3, -0.25) is 0 Å². The summed E-state index contributed by atoms with van der Waals surface area (Å²) in [5.74, 6) is 2.45. The molecule has 0 radical (unpaired) electrons. The van der Waals surface area contributed by atoms with Crippen molar-refractivity contribution in [3.63, 3.8) is 0 Å². The van der Waals surface area contributed by atoms with Gasteiger partial charge in [-0.2, -0.15) is 11.8 Å². The van der Waals surface area contributed by atoms with Gasteiger partial charge in [-0.25, -0.2) is 9.36 Å². The number of hydrogen-bond donors (Lipinski definition) is 0. The van der Waals surface area contributed by atoms with E-state index < -0.39 is 0 Å². The molecule has 0 fully saturated rings. The first kappa shape index (κ1) is 19.8. The van der Waals surface area contributed by atoms with Gasteiger partial charge in [0, 0.05) is 0 Å². The lowest BCUT2D eigenvalue weighted by molar-refractivity contribution is 0.281. The molecule has 140 valence electrons. The van der Waals surface area contributed by atoms with Crippen molar-refractivity contribution in [3.05, 3.63) is 12.7 Å². The van der Waals surface area contributed by atoms with Crippen molar-refractivity contribution >= 4 is 11.8 Å². The summed E-state index contributed by atoms with van der Waals surface area (Å²) >= 11 is 2.06. The first-order chi connectivity index (χ1) is 11.9. The Morgan fingerprint density at radius 1 is 0.720 bits per heavy atom. The third kappa shape index (κ3) is 6.37. The Hall–Kier alpha value is -1.51. The third-order valence-electron chi connectivity index (χ3n) is 4.59. The van der Waals surface area contributed by atoms with Crippen LogP contribution in [0.1, 0.15) is 66.2 Å². The van der Waals surface area contributed by atoms with Crippen LogP contribution >= 0.6 is 11.8 Å². The predicted octanol–water partition coefficient (Wildman–Crippen LogP) is 2.90. The van der Waals surface area contributed by atoms with Crippen molar-refractivity contribution in [1.29, 1.82) is 0 Å². The highest BCUT2D eigenvalue weighted by molar-refractivity contribution is 7.99. The highest BCUT2D eigenvalue weighted by Crippen LogP contribution is 2.23. The van der Waals surface area contributed by atoms with Crippen LogP contribution in [-0.4, -0.2) is 51.9 Å². The maximum absolute atomic E-state index is 4.01. The summed E-state index contributed by atoms with van der Waals surface area (Å²) in [4.78, 5) is 0. The van der Waals surface area contributed by atoms with E-state index >= 15 is 0 Å². The molecule has 2 aromatic heterocycles. The van der Waals surface area contributed by atoms with Gasteiger partial charge in [-0.15, -0.1) is 10.2 Å². The molecule has 9 heteroatoms. The lowest BCUT2D eigenvalue weighted by Gasteiger charge is -2.24. The topological polar surface area (TPSA) is 87.2 Å². The predicted molar refractivity (Wildman–Crippen MR) is 99.3 cm³/mol. The molecule has 0 bridgehead atoms. The lowest BCUT2D eigenvalue weighted by Crippen LogP contribution is -2.27. The summed E-state index contributed by atoms with van der Waals surface area (Å²) in [5.41, 5.74) is -0.00801. The smallest absolute Gasteiger partial charge is 0.138 e. The molecule has 2 rings (SSSR count). The third-order valence-corrected chi connectivity index (χ3v) is 5.75. The Labute approximate surface area is 154 Å². The van der Waals surface area contributed by atoms with Gasteiger partial charge in [0.15, 0.2) is 0 Å². The van der Waals surface area contributed by atoms with E-state index in [2.05, 4.69) is 70.5 Å². The first-order valence-electron chi connectivity index (χ1n) is 8.96. The van der Waals surface area contributed by atoms with E-state index in [1.54, 1.807) is 12.7 Å². The van der Waals surface area contributed by atoms with Crippen LogP contribution < -0.4 is 0 Å². The van der Waals surface area contributed by atoms with E-state index in [0.29, 0.717) is 0 Å². The van der Waals surface area contributed by atoms with E-state index in [1.165, 1.54) is 37.2 Å². The van der Waals surface area contributed by atoms with Crippen LogP contribution in [0.25, 0.3) is 0 Å². The minimum Gasteiger partial charge on any atom is -0.227 e. The number of nitrogens with zero attached hydrogens (tertiary/aromatic N) is 8. The van der Waals surface area contributed by atoms with Crippen LogP contribution in [0.5, 0.6) is 0 Å². The zero-order chi connectivity index (χ0) is 18.2. The molecule has 0 N–H and O–H groups in total. The Morgan fingerprint density at radius 2 is 1.16 bits per heavy atom. The van der Waals surface area contributed by atoms with E-state index in [0.717, 1.165) is 12.8 Å². The van der Waals surface area contributed by atoms with Crippen molar-refractivity contribution in [2.24, 2.45) is 0 Å². The molecule has 0 saturated heterocycles. The van der Waals surface area contributed by atoms with Gasteiger partial charge in [-0.1, -0.05) is 12.8 Å². The SMILES string of the molecule is CC(C)(CCCCSCCCCC(C)(C)n1cnnn1)n1cnnn1. The van der Waals surface area contributed by atoms with Crippen LogP contribution in [-0.2, 0) is 11.1 Å². The van der Waals surface area contributed by atoms with E-state index in [1.807, 2.05) is 9.36 Å². The molecule has 0 saturated carbocycles. The van der Waals surface area contributed by atoms with E-state index in [9.17, 15) is 0 Å². The van der Waals surface area contributed by atoms with Crippen LogP contribution in [0.2, 0.25) is 0 Å². The number of unbranched alkanes of at least 4 members (excludes halogenated alkanes) is 2. The van der Waals surface area contributed by atoms with Crippen LogP contribution in [0.15, 0.2) is 12.7 Å². The number of tetrazole rings is 2. The largest absolute Gasteiger partial charge is 0.227 e. The molecule has 0 aromatic carbocycles. The average Bonchev–Trinajstić information content (AvgIpc) is 3.26. The molecular weight excluding hydrogens is 336 g/mol. The number of aromatic nitrogens is 8. The number of thioether (sulfide) groups is 1. The molecule has 2 heterocycles. The summed E-state index contributed by atoms with van der Waals surface area (Å²) in [6, 6.07) is 0. The average molecular weight is 367 g/mol. The first-order valence-corrected chi connectivity index (χ1v) is 10.1. The van der Waals surface area contributed by atoms with Crippen molar-refractivity contribution in [2.45, 2.75) is 77.3 Å². The fourth-order valence-electron chi connectivity index (χ4n) is 2.73. The maximum Gasteiger partial charge on any atom is 0.138 e. The standard InChI is InChI=1S/C16H30N8S/c1-15(2,23-13-17-19-21-23)9-5-7-11-25-12-8-6-10-16(3,4)24-14-18-20-22-24/h13-14H,5-12H2,1-4H3. The van der Waals surface area contributed by atoms with Crippen LogP contribution in [0, 0.1) is 0 Å². The van der Waals surface area contributed by atoms with Gasteiger partial charge in [-0.05, 0) is 85.7 Å². The Bertz CT molecular complexity index is 527. The summed E-state index contributed by atoms with van der Waals surface area (Å²) in [6.07, 6.45) is 10.5. The quantitative estimate of drug-likeness (QED) is 0.534. The normalized spacial score (nSPS) is 12.6. The van der Waals surface area contributed by atoms with E-state index in [4.69, 9.17) is 0 Å². The van der Waals surface area contributed by atoms with Gasteiger partial charge in [0.1, 0.15) is 12.7 Å². The summed E-state index contributed by atoms with van der Waals surface area (Å²) in [7, 11) is 0. The zero-order valence-electron chi connectivity index (χ0n) is 15.8. The molecule has 0 aliphatic carbocycles. The van der Waals surface area contributed by atoms with Crippen LogP contribution in [0.4, 0.5) is 0 Å². The fourth-order valence-corrected chi connectivity index (χ4v) is 3.75. The number of hydrogen-bond acceptors (Lipinski definition) is 7. The fraction of sp³-hybridized carbons (Fsp3) is 0.875. The Kier molecular flexibility index (Phi) is 7.34. The van der Waals surface area contributed by atoms with Crippen molar-refractivity contribution in [1.82, 2.24) is 40.4 Å². The molecule has 2 aromatic rings. The summed E-state index contributed by atoms with van der Waals surface area (Å²) in [6.45, 7) is 8.73. The van der Waals surface area contributed by atoms with Gasteiger partial charge < -0.3 is 0 Å². The zero-order valence-corrected chi connectivity index (χ0v) is 16.6. The second-order valence-corrected chi connectivity index (χ2v) is 8.88. The van der Waals surface area contributed by atoms with Gasteiger partial charge in [0.2, 0.25) is 0 Å². The van der Waals surface area contributed by atoms with Gasteiger partial charge >= 0.3 is 0 Å². The Morgan fingerprint density at radius 3 is 1.52 bits per heavy atom. The molecule has 0 amide bonds. The molecule has 0 atom stereocenters. The van der Waals surface area contributed by atoms with Crippen molar-refractivity contribution in [3.8, 4) is 0 Å². The molecule has 0 unspecified atom stereocenters. The maximum atomic E-state index is 4.01.